The molecule has 0 aliphatic carbocycles. The molecule has 3 N–H and O–H groups in total. The predicted molar refractivity (Wildman–Crippen MR) is 46.4 cm³/mol. The first-order valence-electron chi connectivity index (χ1n) is 3.86. The van der Waals surface area contributed by atoms with Crippen molar-refractivity contribution < 1.29 is 9.53 Å². The van der Waals surface area contributed by atoms with E-state index >= 15 is 0 Å². The van der Waals surface area contributed by atoms with E-state index in [2.05, 4.69) is 19.9 Å². The molecule has 0 amide bonds. The summed E-state index contributed by atoms with van der Waals surface area (Å²) >= 11 is 0. The molecular formula is C7H7N5O2. The van der Waals surface area contributed by atoms with Crippen LogP contribution in [0.1, 0.15) is 0 Å². The fourth-order valence-electron chi connectivity index (χ4n) is 0.970. The number of ether oxygens (including phenoxy) is 1. The lowest BCUT2D eigenvalue weighted by Gasteiger charge is -2.00. The molecule has 0 aromatic carbocycles. The monoisotopic (exact) mass is 193 g/mol. The largest absolute Gasteiger partial charge is 0.404 e. The van der Waals surface area contributed by atoms with Gasteiger partial charge in [-0.05, 0) is 0 Å². The lowest BCUT2D eigenvalue weighted by molar-refractivity contribution is -0.132. The SMILES string of the molecule is NCC(=O)Oc1ncnc2nc[nH]c12. The van der Waals surface area contributed by atoms with Gasteiger partial charge in [0.05, 0.1) is 12.9 Å². The maximum absolute atomic E-state index is 10.9. The van der Waals surface area contributed by atoms with E-state index in [1.807, 2.05) is 0 Å². The number of nitrogens with one attached hydrogen (secondary N) is 1. The molecule has 0 bridgehead atoms. The number of hydrogen-bond acceptors (Lipinski definition) is 6. The van der Waals surface area contributed by atoms with Gasteiger partial charge in [0, 0.05) is 0 Å². The van der Waals surface area contributed by atoms with Crippen LogP contribution in [-0.4, -0.2) is 32.4 Å². The number of nitrogens with two attached hydrogens (primary N) is 1. The number of aromatic amines is 1. The molecule has 7 nitrogen and oxygen atoms in total. The van der Waals surface area contributed by atoms with Crippen molar-refractivity contribution in [2.45, 2.75) is 0 Å². The molecule has 0 saturated carbocycles. The molecular weight excluding hydrogens is 186 g/mol. The molecule has 0 fully saturated rings. The van der Waals surface area contributed by atoms with Crippen LogP contribution in [0.2, 0.25) is 0 Å². The maximum Gasteiger partial charge on any atom is 0.326 e. The third kappa shape index (κ3) is 1.40. The smallest absolute Gasteiger partial charge is 0.326 e. The number of imidazole rings is 1. The van der Waals surface area contributed by atoms with Gasteiger partial charge in [0.2, 0.25) is 0 Å². The van der Waals surface area contributed by atoms with Gasteiger partial charge in [-0.1, -0.05) is 0 Å². The highest BCUT2D eigenvalue weighted by Crippen LogP contribution is 2.16. The third-order valence-corrected chi connectivity index (χ3v) is 1.57. The van der Waals surface area contributed by atoms with Crippen molar-refractivity contribution in [2.24, 2.45) is 5.73 Å². The van der Waals surface area contributed by atoms with Gasteiger partial charge >= 0.3 is 5.97 Å². The van der Waals surface area contributed by atoms with Gasteiger partial charge in [-0.15, -0.1) is 0 Å². The number of carbonyl (C=O) groups excluding carboxylic acids is 1. The molecule has 72 valence electrons. The Morgan fingerprint density at radius 2 is 2.36 bits per heavy atom. The molecule has 2 rings (SSSR count). The number of aromatic nitrogens is 4. The van der Waals surface area contributed by atoms with E-state index in [0.29, 0.717) is 11.2 Å². The van der Waals surface area contributed by atoms with Gasteiger partial charge in [-0.3, -0.25) is 4.79 Å². The molecule has 0 unspecified atom stereocenters. The predicted octanol–water partition coefficient (Wildman–Crippen LogP) is -0.783. The van der Waals surface area contributed by atoms with Gasteiger partial charge in [-0.2, -0.15) is 4.98 Å². The Hall–Kier alpha value is -2.02. The van der Waals surface area contributed by atoms with Crippen molar-refractivity contribution in [1.29, 1.82) is 0 Å². The zero-order valence-electron chi connectivity index (χ0n) is 7.10. The Balaban J connectivity index is 2.41. The average Bonchev–Trinajstić information content (AvgIpc) is 2.66. The van der Waals surface area contributed by atoms with Gasteiger partial charge in [0.25, 0.3) is 5.88 Å². The van der Waals surface area contributed by atoms with E-state index < -0.39 is 5.97 Å². The maximum atomic E-state index is 10.9. The van der Waals surface area contributed by atoms with E-state index in [4.69, 9.17) is 10.5 Å². The molecule has 0 aliphatic heterocycles. The molecule has 7 heteroatoms. The van der Waals surface area contributed by atoms with Gasteiger partial charge in [-0.25, -0.2) is 9.97 Å². The minimum Gasteiger partial charge on any atom is -0.404 e. The summed E-state index contributed by atoms with van der Waals surface area (Å²) in [4.78, 5) is 25.2. The second kappa shape index (κ2) is 3.38. The minimum atomic E-state index is -0.556. The summed E-state index contributed by atoms with van der Waals surface area (Å²) in [5.41, 5.74) is 6.02. The van der Waals surface area contributed by atoms with Gasteiger partial charge < -0.3 is 15.5 Å². The standard InChI is InChI=1S/C7H7N5O2/c8-1-4(13)14-7-5-6(10-2-9-5)11-3-12-7/h2-3H,1,8H2,(H,9,10,11,12). The normalized spacial score (nSPS) is 10.4. The van der Waals surface area contributed by atoms with Crippen LogP contribution in [0.4, 0.5) is 0 Å². The van der Waals surface area contributed by atoms with Crippen molar-refractivity contribution >= 4 is 17.1 Å². The molecule has 0 radical (unpaired) electrons. The Morgan fingerprint density at radius 1 is 1.50 bits per heavy atom. The highest BCUT2D eigenvalue weighted by Gasteiger charge is 2.09. The number of fused-ring (bicyclic) bond motifs is 1. The number of nitrogens with zero attached hydrogens (tertiary/aromatic N) is 3. The van der Waals surface area contributed by atoms with Gasteiger partial charge in [0.15, 0.2) is 5.65 Å². The number of rotatable bonds is 2. The van der Waals surface area contributed by atoms with Crippen LogP contribution >= 0.6 is 0 Å². The lowest BCUT2D eigenvalue weighted by atomic mass is 10.5. The first kappa shape index (κ1) is 8.57. The number of hydrogen-bond donors (Lipinski definition) is 2. The minimum absolute atomic E-state index is 0.142. The first-order valence-corrected chi connectivity index (χ1v) is 3.86. The Labute approximate surface area is 78.3 Å². The molecule has 0 spiro atoms. The average molecular weight is 193 g/mol. The molecule has 0 aliphatic rings. The topological polar surface area (TPSA) is 107 Å². The molecule has 2 aromatic rings. The zero-order valence-corrected chi connectivity index (χ0v) is 7.10. The number of H-pyrrole nitrogens is 1. The van der Waals surface area contributed by atoms with Crippen molar-refractivity contribution in [2.75, 3.05) is 6.54 Å². The highest BCUT2D eigenvalue weighted by atomic mass is 16.5. The Bertz CT molecular complexity index is 466. The van der Waals surface area contributed by atoms with Crippen LogP contribution in [0.25, 0.3) is 11.2 Å². The Kier molecular flexibility index (Phi) is 2.07. The lowest BCUT2D eigenvalue weighted by Crippen LogP contribution is -2.20. The second-order valence-corrected chi connectivity index (χ2v) is 2.46. The first-order chi connectivity index (χ1) is 6.81. The van der Waals surface area contributed by atoms with Crippen LogP contribution in [0.15, 0.2) is 12.7 Å². The third-order valence-electron chi connectivity index (χ3n) is 1.57. The van der Waals surface area contributed by atoms with E-state index in [9.17, 15) is 4.79 Å². The summed E-state index contributed by atoms with van der Waals surface area (Å²) in [6, 6.07) is 0. The van der Waals surface area contributed by atoms with Crippen LogP contribution in [0, 0.1) is 0 Å². The number of esters is 1. The molecule has 2 aromatic heterocycles. The van der Waals surface area contributed by atoms with Crippen molar-refractivity contribution in [3.8, 4) is 5.88 Å². The fourth-order valence-corrected chi connectivity index (χ4v) is 0.970. The van der Waals surface area contributed by atoms with Crippen molar-refractivity contribution in [3.63, 3.8) is 0 Å². The van der Waals surface area contributed by atoms with Crippen LogP contribution in [0.3, 0.4) is 0 Å². The fraction of sp³-hybridized carbons (Fsp3) is 0.143. The zero-order chi connectivity index (χ0) is 9.97. The quantitative estimate of drug-likeness (QED) is 0.605. The Morgan fingerprint density at radius 3 is 3.14 bits per heavy atom. The van der Waals surface area contributed by atoms with Crippen molar-refractivity contribution in [3.05, 3.63) is 12.7 Å². The van der Waals surface area contributed by atoms with Gasteiger partial charge in [0.1, 0.15) is 11.8 Å². The number of carbonyl (C=O) groups is 1. The molecule has 14 heavy (non-hydrogen) atoms. The molecule has 0 atom stereocenters. The summed E-state index contributed by atoms with van der Waals surface area (Å²) in [6.07, 6.45) is 2.71. The van der Waals surface area contributed by atoms with Crippen LogP contribution in [0.5, 0.6) is 5.88 Å². The summed E-state index contributed by atoms with van der Waals surface area (Å²) in [5, 5.41) is 0. The summed E-state index contributed by atoms with van der Waals surface area (Å²) in [5.74, 6) is -0.414. The summed E-state index contributed by atoms with van der Waals surface area (Å²) < 4.78 is 4.85. The van der Waals surface area contributed by atoms with Crippen molar-refractivity contribution in [1.82, 2.24) is 19.9 Å². The van der Waals surface area contributed by atoms with E-state index in [1.54, 1.807) is 0 Å². The highest BCUT2D eigenvalue weighted by molar-refractivity contribution is 5.81. The molecule has 0 saturated heterocycles. The summed E-state index contributed by atoms with van der Waals surface area (Å²) in [6.45, 7) is -0.195. The van der Waals surface area contributed by atoms with E-state index in [1.165, 1.54) is 12.7 Å². The second-order valence-electron chi connectivity index (χ2n) is 2.46. The van der Waals surface area contributed by atoms with Crippen LogP contribution in [-0.2, 0) is 4.79 Å². The molecule has 2 heterocycles. The van der Waals surface area contributed by atoms with Crippen LogP contribution < -0.4 is 10.5 Å². The van der Waals surface area contributed by atoms with E-state index in [0.717, 1.165) is 0 Å². The van der Waals surface area contributed by atoms with E-state index in [-0.39, 0.29) is 12.4 Å². The summed E-state index contributed by atoms with van der Waals surface area (Å²) in [7, 11) is 0.